The lowest BCUT2D eigenvalue weighted by Crippen LogP contribution is -2.51. The third-order valence-electron chi connectivity index (χ3n) is 3.46. The van der Waals surface area contributed by atoms with Gasteiger partial charge in [-0.25, -0.2) is 4.79 Å². The van der Waals surface area contributed by atoms with Crippen LogP contribution in [0.15, 0.2) is 6.08 Å². The smallest absolute Gasteiger partial charge is 0.119 e. The summed E-state index contributed by atoms with van der Waals surface area (Å²) in [5, 5.41) is 0. The zero-order valence-electron chi connectivity index (χ0n) is 9.99. The standard InChI is InChI=1S/C10H22OSi2/c1-10(8-9-11,12(2,3)4)13(5,6)7/h8H,1-7H3. The molecule has 0 N–H and O–H groups in total. The van der Waals surface area contributed by atoms with Gasteiger partial charge in [0, 0.05) is 6.08 Å². The van der Waals surface area contributed by atoms with Crippen LogP contribution in [0.25, 0.3) is 0 Å². The lowest BCUT2D eigenvalue weighted by Gasteiger charge is -2.46. The summed E-state index contributed by atoms with van der Waals surface area (Å²) in [5.41, 5.74) is 0. The van der Waals surface area contributed by atoms with Gasteiger partial charge in [0.1, 0.15) is 5.94 Å². The van der Waals surface area contributed by atoms with Crippen LogP contribution < -0.4 is 0 Å². The normalized spacial score (nSPS) is 13.8. The number of hydrogen-bond donors (Lipinski definition) is 0. The highest BCUT2D eigenvalue weighted by Crippen LogP contribution is 2.46. The third kappa shape index (κ3) is 2.42. The Morgan fingerprint density at radius 2 is 1.31 bits per heavy atom. The summed E-state index contributed by atoms with van der Waals surface area (Å²) < 4.78 is 0.155. The molecule has 0 aromatic carbocycles. The Kier molecular flexibility index (Phi) is 3.53. The fourth-order valence-electron chi connectivity index (χ4n) is 1.68. The molecule has 0 heterocycles. The van der Waals surface area contributed by atoms with Crippen LogP contribution in [0.3, 0.4) is 0 Å². The first kappa shape index (κ1) is 12.9. The highest BCUT2D eigenvalue weighted by Gasteiger charge is 2.47. The van der Waals surface area contributed by atoms with E-state index in [0.29, 0.717) is 0 Å². The van der Waals surface area contributed by atoms with Gasteiger partial charge in [-0.3, -0.25) is 0 Å². The molecule has 0 aromatic rings. The van der Waals surface area contributed by atoms with E-state index >= 15 is 0 Å². The summed E-state index contributed by atoms with van der Waals surface area (Å²) in [6.07, 6.45) is 1.80. The first-order valence-electron chi connectivity index (χ1n) is 4.78. The van der Waals surface area contributed by atoms with E-state index in [0.717, 1.165) is 0 Å². The van der Waals surface area contributed by atoms with Crippen molar-refractivity contribution in [2.24, 2.45) is 0 Å². The molecule has 0 aliphatic heterocycles. The second kappa shape index (κ2) is 3.56. The fraction of sp³-hybridized carbons (Fsp3) is 0.800. The topological polar surface area (TPSA) is 17.1 Å². The predicted octanol–water partition coefficient (Wildman–Crippen LogP) is 3.35. The van der Waals surface area contributed by atoms with Crippen molar-refractivity contribution in [1.29, 1.82) is 0 Å². The van der Waals surface area contributed by atoms with Crippen molar-refractivity contribution >= 4 is 22.1 Å². The van der Waals surface area contributed by atoms with Crippen LogP contribution in [0.1, 0.15) is 6.92 Å². The number of carbonyl (C=O) groups excluding carboxylic acids is 1. The van der Waals surface area contributed by atoms with Crippen LogP contribution >= 0.6 is 0 Å². The van der Waals surface area contributed by atoms with Crippen LogP contribution in [0.5, 0.6) is 0 Å². The molecule has 0 aliphatic rings. The van der Waals surface area contributed by atoms with Crippen molar-refractivity contribution in [2.75, 3.05) is 0 Å². The third-order valence-corrected chi connectivity index (χ3v) is 14.5. The van der Waals surface area contributed by atoms with Crippen molar-refractivity contribution in [3.05, 3.63) is 6.08 Å². The SMILES string of the molecule is CC(C=C=O)([Si](C)(C)C)[Si](C)(C)C. The van der Waals surface area contributed by atoms with Gasteiger partial charge in [-0.1, -0.05) is 46.2 Å². The minimum absolute atomic E-state index is 0.155. The van der Waals surface area contributed by atoms with E-state index in [1.165, 1.54) is 0 Å². The van der Waals surface area contributed by atoms with Crippen LogP contribution in [-0.4, -0.2) is 22.1 Å². The van der Waals surface area contributed by atoms with Crippen molar-refractivity contribution < 1.29 is 4.79 Å². The zero-order valence-corrected chi connectivity index (χ0v) is 12.0. The van der Waals surface area contributed by atoms with Gasteiger partial charge in [0.05, 0.1) is 16.1 Å². The van der Waals surface area contributed by atoms with E-state index in [2.05, 4.69) is 46.2 Å². The molecular formula is C10H22OSi2. The lowest BCUT2D eigenvalue weighted by molar-refractivity contribution is 0.567. The second-order valence-electron chi connectivity index (χ2n) is 5.96. The van der Waals surface area contributed by atoms with Crippen LogP contribution in [-0.2, 0) is 4.79 Å². The van der Waals surface area contributed by atoms with E-state index in [9.17, 15) is 4.79 Å². The summed E-state index contributed by atoms with van der Waals surface area (Å²) in [6, 6.07) is 0. The quantitative estimate of drug-likeness (QED) is 0.520. The molecule has 0 bridgehead atoms. The van der Waals surface area contributed by atoms with Crippen molar-refractivity contribution in [2.45, 2.75) is 50.9 Å². The molecule has 13 heavy (non-hydrogen) atoms. The maximum atomic E-state index is 10.6. The van der Waals surface area contributed by atoms with Crippen molar-refractivity contribution in [3.8, 4) is 0 Å². The van der Waals surface area contributed by atoms with Crippen molar-refractivity contribution in [1.82, 2.24) is 0 Å². The minimum Gasteiger partial charge on any atom is -0.234 e. The molecule has 0 atom stereocenters. The molecule has 0 aliphatic carbocycles. The van der Waals surface area contributed by atoms with Crippen LogP contribution in [0.4, 0.5) is 0 Å². The zero-order chi connectivity index (χ0) is 10.9. The molecule has 0 amide bonds. The molecule has 0 spiro atoms. The minimum atomic E-state index is -1.32. The molecule has 0 unspecified atom stereocenters. The van der Waals surface area contributed by atoms with Crippen LogP contribution in [0.2, 0.25) is 43.9 Å². The Morgan fingerprint density at radius 1 is 1.00 bits per heavy atom. The first-order valence-corrected chi connectivity index (χ1v) is 11.8. The molecule has 76 valence electrons. The van der Waals surface area contributed by atoms with Gasteiger partial charge in [-0.15, -0.1) is 0 Å². The summed E-state index contributed by atoms with van der Waals surface area (Å²) in [4.78, 5) is 10.6. The maximum Gasteiger partial charge on any atom is 0.119 e. The van der Waals surface area contributed by atoms with E-state index in [1.807, 2.05) is 5.94 Å². The lowest BCUT2D eigenvalue weighted by atomic mass is 10.4. The fourth-order valence-corrected chi connectivity index (χ4v) is 11.7. The highest BCUT2D eigenvalue weighted by atomic mass is 28.4. The Balaban J connectivity index is 5.33. The average molecular weight is 214 g/mol. The highest BCUT2D eigenvalue weighted by molar-refractivity contribution is 6.99. The van der Waals surface area contributed by atoms with Gasteiger partial charge in [0.2, 0.25) is 0 Å². The maximum absolute atomic E-state index is 10.6. The van der Waals surface area contributed by atoms with Crippen LogP contribution in [0, 0.1) is 0 Å². The Bertz CT molecular complexity index is 212. The van der Waals surface area contributed by atoms with Gasteiger partial charge in [-0.2, -0.15) is 0 Å². The van der Waals surface area contributed by atoms with E-state index in [-0.39, 0.29) is 4.66 Å². The Hall–Kier alpha value is -0.116. The molecule has 0 radical (unpaired) electrons. The number of hydrogen-bond acceptors (Lipinski definition) is 1. The predicted molar refractivity (Wildman–Crippen MR) is 65.3 cm³/mol. The average Bonchev–Trinajstić information content (AvgIpc) is 1.82. The van der Waals surface area contributed by atoms with E-state index in [4.69, 9.17) is 0 Å². The summed E-state index contributed by atoms with van der Waals surface area (Å²) in [6.45, 7) is 16.2. The Labute approximate surface area is 84.3 Å². The monoisotopic (exact) mass is 214 g/mol. The summed E-state index contributed by atoms with van der Waals surface area (Å²) >= 11 is 0. The molecule has 0 rings (SSSR count). The van der Waals surface area contributed by atoms with Gasteiger partial charge in [0.25, 0.3) is 0 Å². The van der Waals surface area contributed by atoms with Gasteiger partial charge >= 0.3 is 0 Å². The summed E-state index contributed by atoms with van der Waals surface area (Å²) in [7, 11) is -2.65. The largest absolute Gasteiger partial charge is 0.234 e. The first-order chi connectivity index (χ1) is 5.56. The van der Waals surface area contributed by atoms with E-state index < -0.39 is 16.1 Å². The molecule has 3 heteroatoms. The van der Waals surface area contributed by atoms with Gasteiger partial charge in [-0.05, 0) is 4.66 Å². The molecule has 0 saturated carbocycles. The Morgan fingerprint density at radius 3 is 1.38 bits per heavy atom. The van der Waals surface area contributed by atoms with E-state index in [1.54, 1.807) is 6.08 Å². The number of rotatable bonds is 3. The molecule has 0 aromatic heterocycles. The number of allylic oxidation sites excluding steroid dienone is 1. The van der Waals surface area contributed by atoms with Gasteiger partial charge < -0.3 is 0 Å². The van der Waals surface area contributed by atoms with Gasteiger partial charge in [0.15, 0.2) is 0 Å². The molecular weight excluding hydrogens is 192 g/mol. The summed E-state index contributed by atoms with van der Waals surface area (Å²) in [5.74, 6) is 2.02. The molecule has 1 nitrogen and oxygen atoms in total. The van der Waals surface area contributed by atoms with Crippen molar-refractivity contribution in [3.63, 3.8) is 0 Å². The molecule has 0 saturated heterocycles. The molecule has 0 fully saturated rings. The second-order valence-corrected chi connectivity index (χ2v) is 17.5.